The zero-order valence-corrected chi connectivity index (χ0v) is 12.9. The van der Waals surface area contributed by atoms with Crippen molar-refractivity contribution >= 4 is 32.3 Å². The summed E-state index contributed by atoms with van der Waals surface area (Å²) in [7, 11) is 3.21. The van der Waals surface area contributed by atoms with Gasteiger partial charge in [-0.3, -0.25) is 0 Å². The molecule has 0 amide bonds. The average molecular weight is 306 g/mol. The minimum Gasteiger partial charge on any atom is -0.497 e. The van der Waals surface area contributed by atoms with Crippen molar-refractivity contribution in [2.24, 2.45) is 0 Å². The number of ether oxygens (including phenoxy) is 2. The van der Waals surface area contributed by atoms with E-state index in [1.165, 1.54) is 6.07 Å². The molecule has 2 nitrogen and oxygen atoms in total. The first-order chi connectivity index (χ1) is 11.2. The number of hydrogen-bond acceptors (Lipinski definition) is 2. The Morgan fingerprint density at radius 1 is 0.696 bits per heavy atom. The van der Waals surface area contributed by atoms with E-state index >= 15 is 0 Å². The lowest BCUT2D eigenvalue weighted by atomic mass is 9.93. The highest BCUT2D eigenvalue weighted by Crippen LogP contribution is 2.42. The highest BCUT2D eigenvalue weighted by atomic mass is 19.1. The number of hydrogen-bond donors (Lipinski definition) is 0. The molecule has 3 heteroatoms. The van der Waals surface area contributed by atoms with Crippen LogP contribution in [0.1, 0.15) is 0 Å². The molecule has 0 fully saturated rings. The van der Waals surface area contributed by atoms with Crippen LogP contribution < -0.4 is 9.47 Å². The molecule has 0 aliphatic carbocycles. The molecule has 114 valence electrons. The van der Waals surface area contributed by atoms with Crippen molar-refractivity contribution in [1.82, 2.24) is 0 Å². The molecule has 4 aromatic rings. The highest BCUT2D eigenvalue weighted by Gasteiger charge is 2.16. The van der Waals surface area contributed by atoms with E-state index in [1.54, 1.807) is 26.4 Å². The lowest BCUT2D eigenvalue weighted by Gasteiger charge is -2.15. The van der Waals surface area contributed by atoms with Gasteiger partial charge in [0, 0.05) is 16.8 Å². The Kier molecular flexibility index (Phi) is 3.08. The maximum atomic E-state index is 14.7. The molecule has 0 N–H and O–H groups in total. The summed E-state index contributed by atoms with van der Waals surface area (Å²) in [5, 5.41) is 5.24. The van der Waals surface area contributed by atoms with Crippen LogP contribution in [0.15, 0.2) is 54.6 Å². The molecule has 0 saturated heterocycles. The van der Waals surface area contributed by atoms with Gasteiger partial charge in [0.05, 0.1) is 14.2 Å². The largest absolute Gasteiger partial charge is 0.497 e. The summed E-state index contributed by atoms with van der Waals surface area (Å²) in [5.41, 5.74) is 0. The third-order valence-corrected chi connectivity index (χ3v) is 4.30. The third-order valence-electron chi connectivity index (χ3n) is 4.30. The van der Waals surface area contributed by atoms with E-state index < -0.39 is 0 Å². The zero-order valence-electron chi connectivity index (χ0n) is 12.9. The van der Waals surface area contributed by atoms with Crippen molar-refractivity contribution < 1.29 is 13.9 Å². The first-order valence-corrected chi connectivity index (χ1v) is 7.39. The Balaban J connectivity index is 2.40. The summed E-state index contributed by atoms with van der Waals surface area (Å²) < 4.78 is 25.6. The van der Waals surface area contributed by atoms with Crippen LogP contribution >= 0.6 is 0 Å². The maximum Gasteiger partial charge on any atom is 0.131 e. The predicted molar refractivity (Wildman–Crippen MR) is 92.0 cm³/mol. The van der Waals surface area contributed by atoms with Crippen LogP contribution in [0, 0.1) is 5.82 Å². The maximum absolute atomic E-state index is 14.7. The highest BCUT2D eigenvalue weighted by molar-refractivity contribution is 6.27. The molecular weight excluding hydrogens is 291 g/mol. The van der Waals surface area contributed by atoms with Gasteiger partial charge in [0.15, 0.2) is 0 Å². The molecule has 4 rings (SSSR count). The second kappa shape index (κ2) is 5.13. The van der Waals surface area contributed by atoms with Gasteiger partial charge in [-0.2, -0.15) is 0 Å². The Bertz CT molecular complexity index is 1050. The normalized spacial score (nSPS) is 11.3. The molecule has 0 aliphatic rings. The van der Waals surface area contributed by atoms with Crippen molar-refractivity contribution in [3.05, 3.63) is 60.4 Å². The van der Waals surface area contributed by atoms with E-state index in [4.69, 9.17) is 9.47 Å². The van der Waals surface area contributed by atoms with E-state index in [0.717, 1.165) is 26.9 Å². The molecule has 0 unspecified atom stereocenters. The van der Waals surface area contributed by atoms with Gasteiger partial charge in [0.1, 0.15) is 17.3 Å². The van der Waals surface area contributed by atoms with Crippen molar-refractivity contribution in [2.45, 2.75) is 0 Å². The summed E-state index contributed by atoms with van der Waals surface area (Å²) in [4.78, 5) is 0. The van der Waals surface area contributed by atoms with Crippen LogP contribution in [-0.4, -0.2) is 14.2 Å². The van der Waals surface area contributed by atoms with E-state index in [2.05, 4.69) is 0 Å². The molecule has 0 heterocycles. The van der Waals surface area contributed by atoms with Gasteiger partial charge < -0.3 is 9.47 Å². The van der Waals surface area contributed by atoms with E-state index in [9.17, 15) is 4.39 Å². The van der Waals surface area contributed by atoms with Crippen LogP contribution in [-0.2, 0) is 0 Å². The van der Waals surface area contributed by atoms with Crippen molar-refractivity contribution in [3.8, 4) is 11.5 Å². The summed E-state index contributed by atoms with van der Waals surface area (Å²) >= 11 is 0. The summed E-state index contributed by atoms with van der Waals surface area (Å²) in [5.74, 6) is 1.05. The van der Waals surface area contributed by atoms with Gasteiger partial charge >= 0.3 is 0 Å². The monoisotopic (exact) mass is 306 g/mol. The van der Waals surface area contributed by atoms with Crippen molar-refractivity contribution in [2.75, 3.05) is 14.2 Å². The number of benzene rings is 4. The lowest BCUT2D eigenvalue weighted by molar-refractivity contribution is 0.398. The fraction of sp³-hybridized carbons (Fsp3) is 0.100. The number of halogens is 1. The smallest absolute Gasteiger partial charge is 0.131 e. The topological polar surface area (TPSA) is 18.5 Å². The lowest BCUT2D eigenvalue weighted by Crippen LogP contribution is -1.92. The van der Waals surface area contributed by atoms with Crippen LogP contribution in [0.4, 0.5) is 4.39 Å². The fourth-order valence-electron chi connectivity index (χ4n) is 3.29. The van der Waals surface area contributed by atoms with Gasteiger partial charge in [0.25, 0.3) is 0 Å². The fourth-order valence-corrected chi connectivity index (χ4v) is 3.29. The molecule has 0 atom stereocenters. The molecular formula is C20H15FO2. The van der Waals surface area contributed by atoms with Gasteiger partial charge in [-0.1, -0.05) is 36.4 Å². The summed E-state index contributed by atoms with van der Waals surface area (Å²) in [6.45, 7) is 0. The van der Waals surface area contributed by atoms with Crippen molar-refractivity contribution in [1.29, 1.82) is 0 Å². The Labute approximate surface area is 133 Å². The first-order valence-electron chi connectivity index (χ1n) is 7.39. The van der Waals surface area contributed by atoms with Crippen LogP contribution in [0.5, 0.6) is 11.5 Å². The molecule has 0 aliphatic heterocycles. The third kappa shape index (κ3) is 1.93. The molecule has 23 heavy (non-hydrogen) atoms. The molecule has 4 aromatic carbocycles. The number of fused-ring (bicyclic) bond motifs is 6. The summed E-state index contributed by atoms with van der Waals surface area (Å²) in [6.07, 6.45) is 0. The zero-order chi connectivity index (χ0) is 16.0. The molecule has 0 radical (unpaired) electrons. The summed E-state index contributed by atoms with van der Waals surface area (Å²) in [6, 6.07) is 16.9. The van der Waals surface area contributed by atoms with Gasteiger partial charge in [-0.25, -0.2) is 4.39 Å². The van der Waals surface area contributed by atoms with Crippen molar-refractivity contribution in [3.63, 3.8) is 0 Å². The van der Waals surface area contributed by atoms with Gasteiger partial charge in [0.2, 0.25) is 0 Å². The molecule has 0 bridgehead atoms. The minimum atomic E-state index is -0.248. The Morgan fingerprint density at radius 2 is 1.39 bits per heavy atom. The standard InChI is InChI=1S/C20H15FO2/c1-22-12-10-16-14-7-4-3-6-13(14)15-8-5-9-17(21)19(15)20(16)18(11-12)23-2/h3-11H,1-2H3. The average Bonchev–Trinajstić information content (AvgIpc) is 2.61. The predicted octanol–water partition coefficient (Wildman–Crippen LogP) is 5.30. The van der Waals surface area contributed by atoms with E-state index in [-0.39, 0.29) is 5.82 Å². The van der Waals surface area contributed by atoms with Crippen LogP contribution in [0.2, 0.25) is 0 Å². The van der Waals surface area contributed by atoms with Crippen LogP contribution in [0.3, 0.4) is 0 Å². The Hall–Kier alpha value is -2.81. The van der Waals surface area contributed by atoms with Gasteiger partial charge in [-0.15, -0.1) is 0 Å². The second-order valence-electron chi connectivity index (χ2n) is 5.46. The minimum absolute atomic E-state index is 0.248. The number of methoxy groups -OCH3 is 2. The molecule has 0 saturated carbocycles. The number of rotatable bonds is 2. The Morgan fingerprint density at radius 3 is 2.09 bits per heavy atom. The van der Waals surface area contributed by atoms with Crippen LogP contribution in [0.25, 0.3) is 32.3 Å². The first kappa shape index (κ1) is 13.8. The quantitative estimate of drug-likeness (QED) is 0.468. The molecule has 0 aromatic heterocycles. The van der Waals surface area contributed by atoms with E-state index in [1.807, 2.05) is 36.4 Å². The second-order valence-corrected chi connectivity index (χ2v) is 5.46. The molecule has 0 spiro atoms. The SMILES string of the molecule is COc1cc(OC)c2c(c1)c1ccccc1c1cccc(F)c12. The van der Waals surface area contributed by atoms with E-state index in [0.29, 0.717) is 16.9 Å². The van der Waals surface area contributed by atoms with Gasteiger partial charge in [-0.05, 0) is 33.7 Å².